The molecule has 146 valence electrons. The van der Waals surface area contributed by atoms with Crippen LogP contribution in [0, 0.1) is 0 Å². The molecule has 2 heterocycles. The Kier molecular flexibility index (Phi) is 6.30. The maximum atomic E-state index is 12.6. The van der Waals surface area contributed by atoms with Crippen LogP contribution >= 0.6 is 11.3 Å². The summed E-state index contributed by atoms with van der Waals surface area (Å²) in [5.41, 5.74) is 0.355. The molecule has 1 aliphatic rings. The van der Waals surface area contributed by atoms with E-state index in [1.807, 2.05) is 0 Å². The van der Waals surface area contributed by atoms with Crippen LogP contribution in [0.5, 0.6) is 17.2 Å². The fourth-order valence-electron chi connectivity index (χ4n) is 2.73. The van der Waals surface area contributed by atoms with E-state index in [2.05, 4.69) is 20.8 Å². The Morgan fingerprint density at radius 1 is 1.19 bits per heavy atom. The van der Waals surface area contributed by atoms with Gasteiger partial charge in [0, 0.05) is 18.7 Å². The molecule has 0 radical (unpaired) electrons. The van der Waals surface area contributed by atoms with Crippen LogP contribution < -0.4 is 24.8 Å². The average Bonchev–Trinajstić information content (AvgIpc) is 3.36. The van der Waals surface area contributed by atoms with Crippen molar-refractivity contribution >= 4 is 27.5 Å². The summed E-state index contributed by atoms with van der Waals surface area (Å²) in [6.07, 6.45) is 2.32. The first-order valence-electron chi connectivity index (χ1n) is 8.45. The zero-order valence-corrected chi connectivity index (χ0v) is 16.2. The zero-order chi connectivity index (χ0) is 19.2. The summed E-state index contributed by atoms with van der Waals surface area (Å²) in [5, 5.41) is 15.0. The van der Waals surface area contributed by atoms with Crippen LogP contribution in [0.2, 0.25) is 0 Å². The molecule has 10 heteroatoms. The van der Waals surface area contributed by atoms with Gasteiger partial charge in [-0.05, 0) is 25.0 Å². The zero-order valence-electron chi connectivity index (χ0n) is 15.4. The topological polar surface area (TPSA) is 104 Å². The van der Waals surface area contributed by atoms with Crippen LogP contribution in [-0.4, -0.2) is 56.7 Å². The number of amides is 1. The highest BCUT2D eigenvalue weighted by Crippen LogP contribution is 2.38. The Hall–Kier alpha value is -2.59. The van der Waals surface area contributed by atoms with Crippen molar-refractivity contribution in [1.29, 1.82) is 0 Å². The van der Waals surface area contributed by atoms with E-state index in [0.29, 0.717) is 39.6 Å². The van der Waals surface area contributed by atoms with Crippen molar-refractivity contribution in [1.82, 2.24) is 10.2 Å². The van der Waals surface area contributed by atoms with Crippen LogP contribution in [-0.2, 0) is 4.74 Å². The van der Waals surface area contributed by atoms with Gasteiger partial charge in [0.1, 0.15) is 0 Å². The van der Waals surface area contributed by atoms with E-state index in [-0.39, 0.29) is 12.0 Å². The summed E-state index contributed by atoms with van der Waals surface area (Å²) < 4.78 is 21.4. The summed E-state index contributed by atoms with van der Waals surface area (Å²) in [7, 11) is 4.50. The van der Waals surface area contributed by atoms with Gasteiger partial charge >= 0.3 is 0 Å². The van der Waals surface area contributed by atoms with E-state index in [0.717, 1.165) is 19.4 Å². The standard InChI is InChI=1S/C17H22N4O5S/c1-23-12-7-10(8-13(24-2)14(12)25-3)15(22)19-17-21-20-16(27-17)18-9-11-5-4-6-26-11/h7-8,11H,4-6,9H2,1-3H3,(H,18,20)(H,19,21,22). The SMILES string of the molecule is COc1cc(C(=O)Nc2nnc(NCC3CCCO3)s2)cc(OC)c1OC. The number of carbonyl (C=O) groups is 1. The van der Waals surface area contributed by atoms with Crippen molar-refractivity contribution in [3.8, 4) is 17.2 Å². The van der Waals surface area contributed by atoms with Crippen molar-refractivity contribution in [2.45, 2.75) is 18.9 Å². The molecule has 1 aromatic carbocycles. The number of benzene rings is 1. The fourth-order valence-corrected chi connectivity index (χ4v) is 3.38. The summed E-state index contributed by atoms with van der Waals surface area (Å²) in [5.74, 6) is 0.875. The van der Waals surface area contributed by atoms with Gasteiger partial charge < -0.3 is 24.3 Å². The number of methoxy groups -OCH3 is 3. The Balaban J connectivity index is 1.66. The minimum Gasteiger partial charge on any atom is -0.493 e. The van der Waals surface area contributed by atoms with Crippen LogP contribution in [0.15, 0.2) is 12.1 Å². The molecule has 2 aromatic rings. The highest BCUT2D eigenvalue weighted by molar-refractivity contribution is 7.19. The molecule has 3 rings (SSSR count). The summed E-state index contributed by atoms with van der Waals surface area (Å²) in [6, 6.07) is 3.16. The Bertz CT molecular complexity index is 766. The number of anilines is 2. The Morgan fingerprint density at radius 3 is 2.48 bits per heavy atom. The van der Waals surface area contributed by atoms with E-state index >= 15 is 0 Å². The summed E-state index contributed by atoms with van der Waals surface area (Å²) >= 11 is 1.26. The number of carbonyl (C=O) groups excluding carboxylic acids is 1. The third-order valence-electron chi connectivity index (χ3n) is 4.08. The number of hydrogen-bond acceptors (Lipinski definition) is 9. The molecule has 1 amide bonds. The molecule has 1 aromatic heterocycles. The van der Waals surface area contributed by atoms with Crippen LogP contribution in [0.1, 0.15) is 23.2 Å². The number of nitrogens with zero attached hydrogens (tertiary/aromatic N) is 2. The average molecular weight is 394 g/mol. The molecule has 2 N–H and O–H groups in total. The molecule has 1 unspecified atom stereocenters. The molecule has 1 atom stereocenters. The van der Waals surface area contributed by atoms with Gasteiger partial charge in [0.05, 0.1) is 27.4 Å². The highest BCUT2D eigenvalue weighted by atomic mass is 32.1. The van der Waals surface area contributed by atoms with E-state index in [1.54, 1.807) is 12.1 Å². The van der Waals surface area contributed by atoms with Gasteiger partial charge in [-0.25, -0.2) is 0 Å². The number of ether oxygens (including phenoxy) is 4. The maximum absolute atomic E-state index is 12.6. The maximum Gasteiger partial charge on any atom is 0.257 e. The highest BCUT2D eigenvalue weighted by Gasteiger charge is 2.19. The largest absolute Gasteiger partial charge is 0.493 e. The lowest BCUT2D eigenvalue weighted by Gasteiger charge is -2.13. The second-order valence-electron chi connectivity index (χ2n) is 5.80. The van der Waals surface area contributed by atoms with Crippen LogP contribution in [0.3, 0.4) is 0 Å². The first kappa shape index (κ1) is 19.2. The summed E-state index contributed by atoms with van der Waals surface area (Å²) in [6.45, 7) is 1.48. The lowest BCUT2D eigenvalue weighted by atomic mass is 10.1. The Morgan fingerprint density at radius 2 is 1.89 bits per heavy atom. The van der Waals surface area contributed by atoms with Crippen molar-refractivity contribution in [3.05, 3.63) is 17.7 Å². The second-order valence-corrected chi connectivity index (χ2v) is 6.77. The minimum absolute atomic E-state index is 0.200. The second kappa shape index (κ2) is 8.87. The van der Waals surface area contributed by atoms with Crippen molar-refractivity contribution < 1.29 is 23.7 Å². The molecular weight excluding hydrogens is 372 g/mol. The first-order valence-corrected chi connectivity index (χ1v) is 9.26. The van der Waals surface area contributed by atoms with E-state index in [4.69, 9.17) is 18.9 Å². The predicted molar refractivity (Wildman–Crippen MR) is 101 cm³/mol. The van der Waals surface area contributed by atoms with Crippen molar-refractivity contribution in [2.24, 2.45) is 0 Å². The van der Waals surface area contributed by atoms with Gasteiger partial charge in [-0.3, -0.25) is 10.1 Å². The van der Waals surface area contributed by atoms with Crippen LogP contribution in [0.4, 0.5) is 10.3 Å². The number of hydrogen-bond donors (Lipinski definition) is 2. The molecule has 1 aliphatic heterocycles. The molecular formula is C17H22N4O5S. The quantitative estimate of drug-likeness (QED) is 0.703. The lowest BCUT2D eigenvalue weighted by molar-refractivity contribution is 0.102. The number of nitrogens with one attached hydrogen (secondary N) is 2. The predicted octanol–water partition coefficient (Wildman–Crippen LogP) is 2.41. The van der Waals surface area contributed by atoms with E-state index < -0.39 is 0 Å². The van der Waals surface area contributed by atoms with E-state index in [1.165, 1.54) is 32.7 Å². The fraction of sp³-hybridized carbons (Fsp3) is 0.471. The molecule has 9 nitrogen and oxygen atoms in total. The molecule has 1 saturated heterocycles. The van der Waals surface area contributed by atoms with Gasteiger partial charge in [0.25, 0.3) is 5.91 Å². The molecule has 0 bridgehead atoms. The van der Waals surface area contributed by atoms with Gasteiger partial charge in [0.15, 0.2) is 11.5 Å². The molecule has 1 fully saturated rings. The molecule has 0 saturated carbocycles. The van der Waals surface area contributed by atoms with Gasteiger partial charge in [-0.1, -0.05) is 11.3 Å². The summed E-state index contributed by atoms with van der Waals surface area (Å²) in [4.78, 5) is 12.6. The molecule has 27 heavy (non-hydrogen) atoms. The van der Waals surface area contributed by atoms with Crippen molar-refractivity contribution in [3.63, 3.8) is 0 Å². The van der Waals surface area contributed by atoms with Gasteiger partial charge in [-0.2, -0.15) is 0 Å². The normalized spacial score (nSPS) is 16.0. The molecule has 0 aliphatic carbocycles. The van der Waals surface area contributed by atoms with Crippen molar-refractivity contribution in [2.75, 3.05) is 45.1 Å². The number of aromatic nitrogens is 2. The third-order valence-corrected chi connectivity index (χ3v) is 4.87. The smallest absolute Gasteiger partial charge is 0.257 e. The van der Waals surface area contributed by atoms with Gasteiger partial charge in [0.2, 0.25) is 16.0 Å². The number of rotatable bonds is 8. The lowest BCUT2D eigenvalue weighted by Crippen LogP contribution is -2.18. The van der Waals surface area contributed by atoms with Gasteiger partial charge in [-0.15, -0.1) is 10.2 Å². The first-order chi connectivity index (χ1) is 13.1. The Labute approximate surface area is 161 Å². The molecule has 0 spiro atoms. The minimum atomic E-state index is -0.351. The third kappa shape index (κ3) is 4.58. The van der Waals surface area contributed by atoms with Crippen LogP contribution in [0.25, 0.3) is 0 Å². The van der Waals surface area contributed by atoms with E-state index in [9.17, 15) is 4.79 Å². The monoisotopic (exact) mass is 394 g/mol.